The van der Waals surface area contributed by atoms with Gasteiger partial charge in [0.2, 0.25) is 0 Å². The van der Waals surface area contributed by atoms with Gasteiger partial charge in [-0.05, 0) is 30.3 Å². The Kier molecular flexibility index (Phi) is 5.95. The van der Waals surface area contributed by atoms with Gasteiger partial charge >= 0.3 is 0 Å². The number of hydrogen-bond acceptors (Lipinski definition) is 4. The zero-order valence-corrected chi connectivity index (χ0v) is 16.5. The van der Waals surface area contributed by atoms with E-state index in [1.165, 1.54) is 12.3 Å². The first kappa shape index (κ1) is 19.8. The summed E-state index contributed by atoms with van der Waals surface area (Å²) in [7, 11) is 0. The van der Waals surface area contributed by atoms with Crippen LogP contribution in [0.2, 0.25) is 0 Å². The van der Waals surface area contributed by atoms with Crippen LogP contribution in [0, 0.1) is 0 Å². The van der Waals surface area contributed by atoms with Crippen LogP contribution >= 0.6 is 0 Å². The van der Waals surface area contributed by atoms with Crippen LogP contribution in [-0.2, 0) is 4.79 Å². The fourth-order valence-electron chi connectivity index (χ4n) is 2.93. The normalized spacial score (nSPS) is 10.7. The lowest BCUT2D eigenvalue weighted by Crippen LogP contribution is -2.41. The largest absolute Gasteiger partial charge is 0.288 e. The number of nitrogens with one attached hydrogen (secondary N) is 2. The molecule has 2 amide bonds. The van der Waals surface area contributed by atoms with Gasteiger partial charge in [-0.15, -0.1) is 0 Å². The molecule has 0 unspecified atom stereocenters. The number of carbonyl (C=O) groups is 2. The molecule has 152 valence electrons. The van der Waals surface area contributed by atoms with Gasteiger partial charge in [0, 0.05) is 29.6 Å². The molecule has 7 nitrogen and oxygen atoms in total. The van der Waals surface area contributed by atoms with E-state index in [4.69, 9.17) is 5.10 Å². The van der Waals surface area contributed by atoms with Gasteiger partial charge in [-0.3, -0.25) is 25.4 Å². The lowest BCUT2D eigenvalue weighted by Gasteiger charge is -2.04. The van der Waals surface area contributed by atoms with Crippen molar-refractivity contribution in [3.63, 3.8) is 0 Å². The van der Waals surface area contributed by atoms with Gasteiger partial charge < -0.3 is 0 Å². The highest BCUT2D eigenvalue weighted by Crippen LogP contribution is 2.24. The van der Waals surface area contributed by atoms with Crippen LogP contribution < -0.4 is 10.9 Å². The number of benzene rings is 2. The Balaban J connectivity index is 1.52. The van der Waals surface area contributed by atoms with Gasteiger partial charge in [0.1, 0.15) is 5.69 Å². The van der Waals surface area contributed by atoms with E-state index in [-0.39, 0.29) is 5.69 Å². The van der Waals surface area contributed by atoms with Crippen LogP contribution in [0.4, 0.5) is 0 Å². The van der Waals surface area contributed by atoms with Crippen molar-refractivity contribution in [3.05, 3.63) is 109 Å². The lowest BCUT2D eigenvalue weighted by atomic mass is 10.1. The number of para-hydroxylation sites is 1. The highest BCUT2D eigenvalue weighted by Gasteiger charge is 2.11. The second kappa shape index (κ2) is 9.32. The van der Waals surface area contributed by atoms with Crippen molar-refractivity contribution in [2.75, 3.05) is 0 Å². The highest BCUT2D eigenvalue weighted by molar-refractivity contribution is 5.97. The van der Waals surface area contributed by atoms with E-state index in [2.05, 4.69) is 15.8 Å². The van der Waals surface area contributed by atoms with Crippen molar-refractivity contribution >= 4 is 17.9 Å². The quantitative estimate of drug-likeness (QED) is 0.391. The maximum Gasteiger partial charge on any atom is 0.288 e. The Bertz CT molecular complexity index is 1200. The Morgan fingerprint density at radius 1 is 0.839 bits per heavy atom. The molecule has 2 aromatic heterocycles. The fraction of sp³-hybridized carbons (Fsp3) is 0. The summed E-state index contributed by atoms with van der Waals surface area (Å²) in [6.45, 7) is 0. The number of hydrazine groups is 1. The molecular weight excluding hydrogens is 390 g/mol. The van der Waals surface area contributed by atoms with Crippen molar-refractivity contribution in [3.8, 4) is 16.9 Å². The molecule has 2 heterocycles. The minimum absolute atomic E-state index is 0.210. The van der Waals surface area contributed by atoms with E-state index in [0.717, 1.165) is 22.5 Å². The smallest absolute Gasteiger partial charge is 0.268 e. The Morgan fingerprint density at radius 2 is 1.55 bits per heavy atom. The molecule has 0 spiro atoms. The molecule has 0 bridgehead atoms. The monoisotopic (exact) mass is 409 g/mol. The maximum atomic E-state index is 12.2. The topological polar surface area (TPSA) is 88.9 Å². The van der Waals surface area contributed by atoms with Crippen LogP contribution in [0.1, 0.15) is 16.1 Å². The summed E-state index contributed by atoms with van der Waals surface area (Å²) in [5, 5.41) is 4.70. The third-order valence-corrected chi connectivity index (χ3v) is 4.42. The molecule has 0 saturated carbocycles. The first-order chi connectivity index (χ1) is 15.2. The van der Waals surface area contributed by atoms with E-state index >= 15 is 0 Å². The summed E-state index contributed by atoms with van der Waals surface area (Å²) in [6.07, 6.45) is 6.37. The van der Waals surface area contributed by atoms with Crippen LogP contribution in [0.15, 0.2) is 97.3 Å². The van der Waals surface area contributed by atoms with E-state index in [9.17, 15) is 9.59 Å². The Hall–Kier alpha value is -4.52. The molecule has 0 aliphatic rings. The van der Waals surface area contributed by atoms with E-state index in [1.54, 1.807) is 29.0 Å². The van der Waals surface area contributed by atoms with Crippen molar-refractivity contribution < 1.29 is 9.59 Å². The van der Waals surface area contributed by atoms with E-state index in [0.29, 0.717) is 0 Å². The standard InChI is InChI=1S/C24H19N5O2/c30-22(26-27-24(31)21-13-7-8-16-25-21)15-14-19-17-29(20-11-5-2-6-12-20)28-23(19)18-9-3-1-4-10-18/h1-17H,(H,26,30)(H,27,31)/b15-14+. The second-order valence-corrected chi connectivity index (χ2v) is 6.57. The van der Waals surface area contributed by atoms with Gasteiger partial charge in [-0.1, -0.05) is 54.6 Å². The number of aromatic nitrogens is 3. The Labute approximate surface area is 179 Å². The third-order valence-electron chi connectivity index (χ3n) is 4.42. The molecule has 2 aromatic carbocycles. The predicted molar refractivity (Wildman–Crippen MR) is 118 cm³/mol. The van der Waals surface area contributed by atoms with E-state index < -0.39 is 11.8 Å². The lowest BCUT2D eigenvalue weighted by molar-refractivity contribution is -0.117. The minimum atomic E-state index is -0.496. The minimum Gasteiger partial charge on any atom is -0.268 e. The number of carbonyl (C=O) groups excluding carboxylic acids is 2. The van der Waals surface area contributed by atoms with Gasteiger partial charge in [-0.2, -0.15) is 5.10 Å². The molecule has 0 fully saturated rings. The first-order valence-electron chi connectivity index (χ1n) is 9.60. The molecule has 0 saturated heterocycles. The first-order valence-corrected chi connectivity index (χ1v) is 9.60. The Morgan fingerprint density at radius 3 is 2.26 bits per heavy atom. The maximum absolute atomic E-state index is 12.2. The molecular formula is C24H19N5O2. The van der Waals surface area contributed by atoms with E-state index in [1.807, 2.05) is 66.9 Å². The van der Waals surface area contributed by atoms with Gasteiger partial charge in [0.15, 0.2) is 0 Å². The van der Waals surface area contributed by atoms with Gasteiger partial charge in [0.25, 0.3) is 11.8 Å². The zero-order chi connectivity index (χ0) is 21.5. The average Bonchev–Trinajstić information content (AvgIpc) is 3.27. The number of hydrogen-bond donors (Lipinski definition) is 2. The molecule has 0 aliphatic carbocycles. The SMILES string of the molecule is O=C(/C=C/c1cn(-c2ccccc2)nc1-c1ccccc1)NNC(=O)c1ccccn1. The number of rotatable bonds is 5. The molecule has 0 radical (unpaired) electrons. The number of pyridine rings is 1. The van der Waals surface area contributed by atoms with Crippen molar-refractivity contribution in [1.82, 2.24) is 25.6 Å². The molecule has 4 aromatic rings. The molecule has 2 N–H and O–H groups in total. The number of nitrogens with zero attached hydrogens (tertiary/aromatic N) is 3. The molecule has 4 rings (SSSR count). The van der Waals surface area contributed by atoms with Crippen LogP contribution in [0.5, 0.6) is 0 Å². The summed E-state index contributed by atoms with van der Waals surface area (Å²) in [5.74, 6) is -0.972. The van der Waals surface area contributed by atoms with Crippen molar-refractivity contribution in [1.29, 1.82) is 0 Å². The highest BCUT2D eigenvalue weighted by atomic mass is 16.2. The molecule has 0 atom stereocenters. The average molecular weight is 409 g/mol. The van der Waals surface area contributed by atoms with Gasteiger partial charge in [0.05, 0.1) is 11.4 Å². The fourth-order valence-corrected chi connectivity index (χ4v) is 2.93. The zero-order valence-electron chi connectivity index (χ0n) is 16.5. The van der Waals surface area contributed by atoms with Gasteiger partial charge in [-0.25, -0.2) is 4.68 Å². The molecule has 0 aliphatic heterocycles. The van der Waals surface area contributed by atoms with Crippen LogP contribution in [-0.4, -0.2) is 26.6 Å². The predicted octanol–water partition coefficient (Wildman–Crippen LogP) is 3.41. The summed E-state index contributed by atoms with van der Waals surface area (Å²) >= 11 is 0. The third kappa shape index (κ3) is 4.91. The van der Waals surface area contributed by atoms with Crippen LogP contribution in [0.3, 0.4) is 0 Å². The summed E-state index contributed by atoms with van der Waals surface area (Å²) in [6, 6.07) is 24.4. The number of amides is 2. The second-order valence-electron chi connectivity index (χ2n) is 6.57. The summed E-state index contributed by atoms with van der Waals surface area (Å²) in [4.78, 5) is 28.1. The molecule has 7 heteroatoms. The van der Waals surface area contributed by atoms with Crippen LogP contribution in [0.25, 0.3) is 23.0 Å². The summed E-state index contributed by atoms with van der Waals surface area (Å²) < 4.78 is 1.77. The van der Waals surface area contributed by atoms with Crippen molar-refractivity contribution in [2.24, 2.45) is 0 Å². The van der Waals surface area contributed by atoms with Crippen molar-refractivity contribution in [2.45, 2.75) is 0 Å². The summed E-state index contributed by atoms with van der Waals surface area (Å²) in [5.41, 5.74) is 8.25. The molecule has 31 heavy (non-hydrogen) atoms.